The van der Waals surface area contributed by atoms with Crippen molar-refractivity contribution in [1.82, 2.24) is 4.90 Å². The van der Waals surface area contributed by atoms with Gasteiger partial charge in [0.25, 0.3) is 0 Å². The molecule has 1 aliphatic heterocycles. The SMILES string of the molecule is CCOc1cc(C2C3=C(CC(C)(C)CC3=O)N(CCC(=O)O)C3=C2C(=O)CC(C)(C)C3)cc(Br)c1OCc1ccc(F)cc1. The number of aliphatic carboxylic acids is 1. The van der Waals surface area contributed by atoms with Crippen molar-refractivity contribution in [2.24, 2.45) is 10.8 Å². The smallest absolute Gasteiger partial charge is 0.305 e. The molecule has 9 heteroatoms. The van der Waals surface area contributed by atoms with Crippen LogP contribution in [0.2, 0.25) is 0 Å². The molecule has 234 valence electrons. The summed E-state index contributed by atoms with van der Waals surface area (Å²) >= 11 is 3.67. The summed E-state index contributed by atoms with van der Waals surface area (Å²) in [6, 6.07) is 9.81. The Hall–Kier alpha value is -3.46. The third-order valence-corrected chi connectivity index (χ3v) is 9.12. The van der Waals surface area contributed by atoms with Gasteiger partial charge >= 0.3 is 5.97 Å². The number of carbonyl (C=O) groups excluding carboxylic acids is 2. The van der Waals surface area contributed by atoms with Crippen LogP contribution in [-0.2, 0) is 21.0 Å². The minimum Gasteiger partial charge on any atom is -0.490 e. The zero-order valence-electron chi connectivity index (χ0n) is 25.9. The van der Waals surface area contributed by atoms with Crippen LogP contribution < -0.4 is 9.47 Å². The Morgan fingerprint density at radius 3 is 2.05 bits per heavy atom. The molecule has 44 heavy (non-hydrogen) atoms. The highest BCUT2D eigenvalue weighted by atomic mass is 79.9. The lowest BCUT2D eigenvalue weighted by molar-refractivity contribution is -0.137. The summed E-state index contributed by atoms with van der Waals surface area (Å²) in [5, 5.41) is 9.60. The number of rotatable bonds is 9. The number of halogens is 2. The van der Waals surface area contributed by atoms with Gasteiger partial charge in [-0.1, -0.05) is 39.8 Å². The van der Waals surface area contributed by atoms with Gasteiger partial charge in [-0.2, -0.15) is 0 Å². The average molecular weight is 669 g/mol. The van der Waals surface area contributed by atoms with Gasteiger partial charge in [-0.15, -0.1) is 0 Å². The van der Waals surface area contributed by atoms with Crippen LogP contribution in [0.1, 0.15) is 83.8 Å². The van der Waals surface area contributed by atoms with E-state index in [-0.39, 0.29) is 47.8 Å². The van der Waals surface area contributed by atoms with Crippen molar-refractivity contribution in [1.29, 1.82) is 0 Å². The molecule has 0 spiro atoms. The van der Waals surface area contributed by atoms with E-state index in [4.69, 9.17) is 9.47 Å². The van der Waals surface area contributed by atoms with E-state index in [1.165, 1.54) is 12.1 Å². The fourth-order valence-corrected chi connectivity index (χ4v) is 7.33. The molecule has 0 saturated carbocycles. The molecule has 7 nitrogen and oxygen atoms in total. The zero-order chi connectivity index (χ0) is 32.0. The van der Waals surface area contributed by atoms with E-state index in [0.717, 1.165) is 22.5 Å². The molecule has 0 atom stereocenters. The third kappa shape index (κ3) is 6.48. The normalized spacial score (nSPS) is 19.6. The molecule has 2 aromatic rings. The van der Waals surface area contributed by atoms with Crippen LogP contribution in [0.3, 0.4) is 0 Å². The van der Waals surface area contributed by atoms with E-state index in [1.807, 2.05) is 24.0 Å². The minimum absolute atomic E-state index is 0.0310. The molecule has 0 unspecified atom stereocenters. The fourth-order valence-electron chi connectivity index (χ4n) is 6.75. The second-order valence-electron chi connectivity index (χ2n) is 13.5. The number of nitrogens with zero attached hydrogens (tertiary/aromatic N) is 1. The Labute approximate surface area is 266 Å². The summed E-state index contributed by atoms with van der Waals surface area (Å²) in [7, 11) is 0. The predicted octanol–water partition coefficient (Wildman–Crippen LogP) is 7.73. The van der Waals surface area contributed by atoms with E-state index in [2.05, 4.69) is 43.6 Å². The number of allylic oxidation sites excluding steroid dienone is 4. The van der Waals surface area contributed by atoms with Crippen LogP contribution in [-0.4, -0.2) is 40.7 Å². The summed E-state index contributed by atoms with van der Waals surface area (Å²) in [6.07, 6.45) is 1.73. The van der Waals surface area contributed by atoms with Gasteiger partial charge in [0.2, 0.25) is 0 Å². The second-order valence-corrected chi connectivity index (χ2v) is 14.4. The fraction of sp³-hybridized carbons (Fsp3) is 0.457. The van der Waals surface area contributed by atoms with E-state index < -0.39 is 11.9 Å². The Morgan fingerprint density at radius 1 is 0.955 bits per heavy atom. The number of Topliss-reactive ketones (excluding diaryl/α,β-unsaturated/α-hetero) is 2. The number of hydrogen-bond donors (Lipinski definition) is 1. The molecule has 0 bridgehead atoms. The summed E-state index contributed by atoms with van der Waals surface area (Å²) < 4.78 is 26.2. The quantitative estimate of drug-likeness (QED) is 0.293. The molecule has 0 radical (unpaired) electrons. The molecule has 0 aromatic heterocycles. The molecule has 0 fully saturated rings. The van der Waals surface area contributed by atoms with Crippen molar-refractivity contribution in [2.45, 2.75) is 79.2 Å². The van der Waals surface area contributed by atoms with Crippen LogP contribution in [0.5, 0.6) is 11.5 Å². The highest BCUT2D eigenvalue weighted by Gasteiger charge is 2.49. The first-order valence-electron chi connectivity index (χ1n) is 15.0. The number of ketones is 2. The lowest BCUT2D eigenvalue weighted by Crippen LogP contribution is -2.45. The summed E-state index contributed by atoms with van der Waals surface area (Å²) in [5.41, 5.74) is 3.64. The van der Waals surface area contributed by atoms with Crippen molar-refractivity contribution in [3.63, 3.8) is 0 Å². The Bertz CT molecular complexity index is 1520. The largest absolute Gasteiger partial charge is 0.490 e. The van der Waals surface area contributed by atoms with Gasteiger partial charge in [-0.05, 0) is 81.9 Å². The van der Waals surface area contributed by atoms with E-state index in [9.17, 15) is 23.9 Å². The zero-order valence-corrected chi connectivity index (χ0v) is 27.5. The predicted molar refractivity (Wildman–Crippen MR) is 168 cm³/mol. The average Bonchev–Trinajstić information content (AvgIpc) is 2.90. The molecule has 0 saturated heterocycles. The van der Waals surface area contributed by atoms with Gasteiger partial charge < -0.3 is 19.5 Å². The topological polar surface area (TPSA) is 93.1 Å². The van der Waals surface area contributed by atoms with E-state index in [1.54, 1.807) is 12.1 Å². The highest BCUT2D eigenvalue weighted by molar-refractivity contribution is 9.10. The van der Waals surface area contributed by atoms with Crippen LogP contribution in [0.4, 0.5) is 4.39 Å². The number of carboxylic acid groups (broad SMARTS) is 1. The molecule has 5 rings (SSSR count). The summed E-state index contributed by atoms with van der Waals surface area (Å²) in [4.78, 5) is 41.8. The number of ether oxygens (including phenoxy) is 2. The van der Waals surface area contributed by atoms with Crippen molar-refractivity contribution in [3.8, 4) is 11.5 Å². The number of carbonyl (C=O) groups is 3. The van der Waals surface area contributed by atoms with Gasteiger partial charge in [-0.3, -0.25) is 14.4 Å². The maximum Gasteiger partial charge on any atom is 0.305 e. The maximum atomic E-state index is 14.0. The summed E-state index contributed by atoms with van der Waals surface area (Å²) in [6.45, 7) is 10.8. The molecule has 1 heterocycles. The van der Waals surface area contributed by atoms with E-state index in [0.29, 0.717) is 59.4 Å². The third-order valence-electron chi connectivity index (χ3n) is 8.53. The standard InChI is InChI=1S/C35H39BrFNO6/c1-6-43-28-14-21(13-23(36)33(28)44-19-20-7-9-22(37)10-8-20)30-31-24(15-34(2,3)17-26(31)39)38(12-11-29(41)42)25-16-35(4,5)18-27(40)32(25)30/h7-10,13-14,30H,6,11-12,15-19H2,1-5H3,(H,41,42). The molecule has 2 aliphatic carbocycles. The maximum absolute atomic E-state index is 14.0. The van der Waals surface area contributed by atoms with Gasteiger partial charge in [0, 0.05) is 47.8 Å². The molecule has 2 aromatic carbocycles. The van der Waals surface area contributed by atoms with Gasteiger partial charge in [0.1, 0.15) is 12.4 Å². The van der Waals surface area contributed by atoms with Gasteiger partial charge in [-0.25, -0.2) is 4.39 Å². The van der Waals surface area contributed by atoms with Crippen molar-refractivity contribution in [2.75, 3.05) is 13.2 Å². The van der Waals surface area contributed by atoms with Crippen LogP contribution in [0.15, 0.2) is 63.4 Å². The first kappa shape index (κ1) is 31.9. The monoisotopic (exact) mass is 667 g/mol. The lowest BCUT2D eigenvalue weighted by Gasteiger charge is -2.49. The first-order valence-corrected chi connectivity index (χ1v) is 15.8. The molecular weight excluding hydrogens is 629 g/mol. The molecular formula is C35H39BrFNO6. The highest BCUT2D eigenvalue weighted by Crippen LogP contribution is 2.55. The molecule has 1 N–H and O–H groups in total. The number of carboxylic acids is 1. The first-order chi connectivity index (χ1) is 20.7. The Morgan fingerprint density at radius 2 is 1.52 bits per heavy atom. The minimum atomic E-state index is -0.930. The van der Waals surface area contributed by atoms with Crippen molar-refractivity contribution in [3.05, 3.63) is 80.4 Å². The van der Waals surface area contributed by atoms with Gasteiger partial charge in [0.15, 0.2) is 23.1 Å². The lowest BCUT2D eigenvalue weighted by atomic mass is 9.63. The number of hydrogen-bond acceptors (Lipinski definition) is 6. The van der Waals surface area contributed by atoms with Crippen LogP contribution >= 0.6 is 15.9 Å². The van der Waals surface area contributed by atoms with E-state index >= 15 is 0 Å². The van der Waals surface area contributed by atoms with Crippen LogP contribution in [0.25, 0.3) is 0 Å². The van der Waals surface area contributed by atoms with Crippen molar-refractivity contribution >= 4 is 33.5 Å². The van der Waals surface area contributed by atoms with Crippen molar-refractivity contribution < 1.29 is 33.4 Å². The second kappa shape index (κ2) is 12.1. The molecule has 0 amide bonds. The summed E-state index contributed by atoms with van der Waals surface area (Å²) in [5.74, 6) is -1.01. The number of benzene rings is 2. The molecule has 3 aliphatic rings. The van der Waals surface area contributed by atoms with Gasteiger partial charge in [0.05, 0.1) is 17.5 Å². The van der Waals surface area contributed by atoms with Crippen LogP contribution in [0, 0.1) is 16.6 Å². The Kier molecular flexibility index (Phi) is 8.82. The Balaban J connectivity index is 1.67.